The molecular weight excluding hydrogens is 236 g/mol. The first kappa shape index (κ1) is 14.9. The average molecular weight is 258 g/mol. The molecule has 1 aliphatic rings. The van der Waals surface area contributed by atoms with Crippen molar-refractivity contribution in [2.75, 3.05) is 13.2 Å². The molecule has 0 aromatic carbocycles. The van der Waals surface area contributed by atoms with Crippen LogP contribution in [-0.4, -0.2) is 52.2 Å². The molecule has 4 N–H and O–H groups in total. The molecule has 0 spiro atoms. The van der Waals surface area contributed by atoms with E-state index in [2.05, 4.69) is 0 Å². The molecule has 1 saturated heterocycles. The maximum absolute atomic E-state index is 12.1. The van der Waals surface area contributed by atoms with Crippen LogP contribution in [-0.2, 0) is 9.59 Å². The van der Waals surface area contributed by atoms with Crippen molar-refractivity contribution in [3.05, 3.63) is 0 Å². The van der Waals surface area contributed by atoms with E-state index in [1.165, 1.54) is 0 Å². The van der Waals surface area contributed by atoms with Crippen molar-refractivity contribution in [3.8, 4) is 0 Å². The number of nitrogens with zero attached hydrogens (tertiary/aromatic N) is 1. The van der Waals surface area contributed by atoms with E-state index in [1.807, 2.05) is 0 Å². The van der Waals surface area contributed by atoms with Gasteiger partial charge in [0, 0.05) is 25.6 Å². The zero-order valence-electron chi connectivity index (χ0n) is 10.5. The third-order valence-electron chi connectivity index (χ3n) is 3.36. The van der Waals surface area contributed by atoms with E-state index < -0.39 is 12.0 Å². The highest BCUT2D eigenvalue weighted by Crippen LogP contribution is 2.20. The van der Waals surface area contributed by atoms with Gasteiger partial charge in [0.2, 0.25) is 5.91 Å². The number of carbonyl (C=O) groups excluding carboxylic acids is 1. The number of aliphatic hydroxyl groups excluding tert-OH is 1. The third kappa shape index (κ3) is 4.27. The van der Waals surface area contributed by atoms with Gasteiger partial charge in [0.05, 0.1) is 6.04 Å². The standard InChI is InChI=1S/C12H22N2O4/c13-10(4-5-11(16)17)12(18)14-7-2-1-3-9(14)6-8-15/h9-10,15H,1-8,13H2,(H,16,17). The number of aliphatic hydroxyl groups is 1. The summed E-state index contributed by atoms with van der Waals surface area (Å²) in [6, 6.07) is -0.701. The van der Waals surface area contributed by atoms with Gasteiger partial charge in [-0.25, -0.2) is 0 Å². The van der Waals surface area contributed by atoms with Crippen molar-refractivity contribution in [2.45, 2.75) is 50.6 Å². The van der Waals surface area contributed by atoms with Crippen LogP contribution in [0.3, 0.4) is 0 Å². The SMILES string of the molecule is NC(CCC(=O)O)C(=O)N1CCCCC1CCO. The first-order valence-electron chi connectivity index (χ1n) is 6.45. The Kier molecular flexibility index (Phi) is 6.07. The highest BCUT2D eigenvalue weighted by atomic mass is 16.4. The van der Waals surface area contributed by atoms with Crippen LogP contribution >= 0.6 is 0 Å². The summed E-state index contributed by atoms with van der Waals surface area (Å²) in [7, 11) is 0. The number of aliphatic carboxylic acids is 1. The molecule has 18 heavy (non-hydrogen) atoms. The summed E-state index contributed by atoms with van der Waals surface area (Å²) in [4.78, 5) is 24.3. The van der Waals surface area contributed by atoms with Crippen molar-refractivity contribution >= 4 is 11.9 Å². The van der Waals surface area contributed by atoms with Crippen LogP contribution < -0.4 is 5.73 Å². The molecule has 104 valence electrons. The number of carboxylic acid groups (broad SMARTS) is 1. The van der Waals surface area contributed by atoms with E-state index in [-0.39, 0.29) is 31.4 Å². The summed E-state index contributed by atoms with van der Waals surface area (Å²) >= 11 is 0. The number of hydrogen-bond donors (Lipinski definition) is 3. The Balaban J connectivity index is 2.53. The zero-order chi connectivity index (χ0) is 13.5. The van der Waals surface area contributed by atoms with Crippen molar-refractivity contribution in [2.24, 2.45) is 5.73 Å². The fourth-order valence-corrected chi connectivity index (χ4v) is 2.36. The molecule has 1 rings (SSSR count). The lowest BCUT2D eigenvalue weighted by atomic mass is 9.98. The maximum atomic E-state index is 12.1. The first-order valence-corrected chi connectivity index (χ1v) is 6.45. The monoisotopic (exact) mass is 258 g/mol. The fourth-order valence-electron chi connectivity index (χ4n) is 2.36. The second-order valence-corrected chi connectivity index (χ2v) is 4.73. The number of amides is 1. The number of hydrogen-bond acceptors (Lipinski definition) is 4. The molecule has 0 aliphatic carbocycles. The van der Waals surface area contributed by atoms with Crippen LogP contribution in [0, 0.1) is 0 Å². The second kappa shape index (κ2) is 7.33. The Labute approximate surface area is 107 Å². The molecule has 1 fully saturated rings. The lowest BCUT2D eigenvalue weighted by Gasteiger charge is -2.37. The van der Waals surface area contributed by atoms with Crippen molar-refractivity contribution < 1.29 is 19.8 Å². The molecule has 1 amide bonds. The van der Waals surface area contributed by atoms with E-state index in [0.29, 0.717) is 13.0 Å². The minimum Gasteiger partial charge on any atom is -0.481 e. The van der Waals surface area contributed by atoms with E-state index in [0.717, 1.165) is 19.3 Å². The Morgan fingerprint density at radius 2 is 2.11 bits per heavy atom. The van der Waals surface area contributed by atoms with Crippen LogP contribution in [0.15, 0.2) is 0 Å². The van der Waals surface area contributed by atoms with Gasteiger partial charge in [-0.2, -0.15) is 0 Å². The van der Waals surface area contributed by atoms with Crippen molar-refractivity contribution in [3.63, 3.8) is 0 Å². The van der Waals surface area contributed by atoms with E-state index in [1.54, 1.807) is 4.90 Å². The topological polar surface area (TPSA) is 104 Å². The third-order valence-corrected chi connectivity index (χ3v) is 3.36. The van der Waals surface area contributed by atoms with E-state index in [4.69, 9.17) is 15.9 Å². The molecule has 1 aliphatic heterocycles. The minimum atomic E-state index is -0.941. The summed E-state index contributed by atoms with van der Waals surface area (Å²) in [6.45, 7) is 0.711. The average Bonchev–Trinajstić information content (AvgIpc) is 2.36. The summed E-state index contributed by atoms with van der Waals surface area (Å²) in [5, 5.41) is 17.6. The zero-order valence-corrected chi connectivity index (χ0v) is 10.5. The lowest BCUT2D eigenvalue weighted by Crippen LogP contribution is -2.51. The highest BCUT2D eigenvalue weighted by molar-refractivity contribution is 5.82. The number of carbonyl (C=O) groups is 2. The summed E-state index contributed by atoms with van der Waals surface area (Å²) in [6.07, 6.45) is 3.52. The van der Waals surface area contributed by atoms with Crippen LogP contribution in [0.1, 0.15) is 38.5 Å². The highest BCUT2D eigenvalue weighted by Gasteiger charge is 2.29. The van der Waals surface area contributed by atoms with Crippen LogP contribution in [0.25, 0.3) is 0 Å². The number of nitrogens with two attached hydrogens (primary N) is 1. The van der Waals surface area contributed by atoms with Gasteiger partial charge >= 0.3 is 5.97 Å². The van der Waals surface area contributed by atoms with Crippen LogP contribution in [0.2, 0.25) is 0 Å². The van der Waals surface area contributed by atoms with Gasteiger partial charge < -0.3 is 20.8 Å². The maximum Gasteiger partial charge on any atom is 0.303 e. The quantitative estimate of drug-likeness (QED) is 0.619. The van der Waals surface area contributed by atoms with Crippen molar-refractivity contribution in [1.29, 1.82) is 0 Å². The number of carboxylic acids is 1. The molecule has 0 bridgehead atoms. The van der Waals surface area contributed by atoms with Gasteiger partial charge in [0.25, 0.3) is 0 Å². The van der Waals surface area contributed by atoms with Gasteiger partial charge in [0.1, 0.15) is 0 Å². The molecule has 0 saturated carbocycles. The largest absolute Gasteiger partial charge is 0.481 e. The molecule has 1 heterocycles. The van der Waals surface area contributed by atoms with Gasteiger partial charge in [0.15, 0.2) is 0 Å². The molecule has 6 heteroatoms. The predicted molar refractivity (Wildman–Crippen MR) is 65.9 cm³/mol. The smallest absolute Gasteiger partial charge is 0.303 e. The van der Waals surface area contributed by atoms with E-state index in [9.17, 15) is 9.59 Å². The number of likely N-dealkylation sites (tertiary alicyclic amines) is 1. The molecule has 6 nitrogen and oxygen atoms in total. The summed E-state index contributed by atoms with van der Waals surface area (Å²) in [5.74, 6) is -1.13. The van der Waals surface area contributed by atoms with Crippen molar-refractivity contribution in [1.82, 2.24) is 4.90 Å². The van der Waals surface area contributed by atoms with Gasteiger partial charge in [-0.15, -0.1) is 0 Å². The van der Waals surface area contributed by atoms with Gasteiger partial charge in [-0.1, -0.05) is 0 Å². The first-order chi connectivity index (χ1) is 8.56. The van der Waals surface area contributed by atoms with Gasteiger partial charge in [-0.3, -0.25) is 9.59 Å². The van der Waals surface area contributed by atoms with Crippen LogP contribution in [0.4, 0.5) is 0 Å². The molecule has 2 unspecified atom stereocenters. The Morgan fingerprint density at radius 1 is 1.39 bits per heavy atom. The van der Waals surface area contributed by atoms with Gasteiger partial charge in [-0.05, 0) is 32.1 Å². The normalized spacial score (nSPS) is 21.7. The molecule has 0 aromatic rings. The molecule has 0 radical (unpaired) electrons. The van der Waals surface area contributed by atoms with Crippen LogP contribution in [0.5, 0.6) is 0 Å². The Bertz CT molecular complexity index is 294. The molecule has 2 atom stereocenters. The fraction of sp³-hybridized carbons (Fsp3) is 0.833. The number of piperidine rings is 1. The lowest BCUT2D eigenvalue weighted by molar-refractivity contribution is -0.138. The second-order valence-electron chi connectivity index (χ2n) is 4.73. The summed E-state index contributed by atoms with van der Waals surface area (Å²) < 4.78 is 0. The minimum absolute atomic E-state index is 0.0483. The summed E-state index contributed by atoms with van der Waals surface area (Å²) in [5.41, 5.74) is 5.74. The number of rotatable bonds is 6. The Morgan fingerprint density at radius 3 is 2.72 bits per heavy atom. The predicted octanol–water partition coefficient (Wildman–Crippen LogP) is -0.0580. The Hall–Kier alpha value is -1.14. The van der Waals surface area contributed by atoms with E-state index >= 15 is 0 Å². The molecular formula is C12H22N2O4. The molecule has 0 aromatic heterocycles.